The number of aromatic nitrogens is 3. The SMILES string of the molecule is CO[C@@H]1CC[C@]2(OC)CCN(C(=O)CCc3nc(Cl)n[nH]3)[C@@H]2C1. The van der Waals surface area contributed by atoms with Crippen LogP contribution in [0.25, 0.3) is 0 Å². The van der Waals surface area contributed by atoms with Gasteiger partial charge in [-0.15, -0.1) is 5.10 Å². The van der Waals surface area contributed by atoms with Crippen molar-refractivity contribution in [3.05, 3.63) is 11.1 Å². The van der Waals surface area contributed by atoms with E-state index in [-0.39, 0.29) is 28.9 Å². The van der Waals surface area contributed by atoms with Gasteiger partial charge in [-0.05, 0) is 37.3 Å². The lowest BCUT2D eigenvalue weighted by atomic mass is 9.79. The van der Waals surface area contributed by atoms with Crippen LogP contribution in [-0.4, -0.2) is 64.5 Å². The van der Waals surface area contributed by atoms with E-state index in [1.807, 2.05) is 4.90 Å². The van der Waals surface area contributed by atoms with Crippen molar-refractivity contribution in [2.45, 2.75) is 56.3 Å². The minimum Gasteiger partial charge on any atom is -0.381 e. The largest absolute Gasteiger partial charge is 0.381 e. The van der Waals surface area contributed by atoms with E-state index >= 15 is 0 Å². The number of aryl methyl sites for hydroxylation is 1. The standard InChI is InChI=1S/C15H23ClN4O3/c1-22-10-5-6-15(23-2)7-8-20(11(15)9-10)13(21)4-3-12-17-14(16)19-18-12/h10-11H,3-9H2,1-2H3,(H,17,18,19)/t10-,11-,15+/m1/s1. The third kappa shape index (κ3) is 3.22. The van der Waals surface area contributed by atoms with Crippen molar-refractivity contribution in [3.63, 3.8) is 0 Å². The fourth-order valence-electron chi connectivity index (χ4n) is 3.93. The van der Waals surface area contributed by atoms with Gasteiger partial charge in [-0.2, -0.15) is 0 Å². The summed E-state index contributed by atoms with van der Waals surface area (Å²) in [4.78, 5) is 18.7. The van der Waals surface area contributed by atoms with E-state index < -0.39 is 0 Å². The molecule has 1 saturated carbocycles. The van der Waals surface area contributed by atoms with Gasteiger partial charge in [0.2, 0.25) is 11.2 Å². The maximum atomic E-state index is 12.7. The number of rotatable bonds is 5. The van der Waals surface area contributed by atoms with Crippen LogP contribution in [0.15, 0.2) is 0 Å². The molecule has 1 aliphatic carbocycles. The Kier molecular flexibility index (Phi) is 4.89. The number of H-pyrrole nitrogens is 1. The molecule has 1 aromatic heterocycles. The molecule has 1 N–H and O–H groups in total. The summed E-state index contributed by atoms with van der Waals surface area (Å²) in [5.41, 5.74) is -0.208. The van der Waals surface area contributed by atoms with Gasteiger partial charge in [0.25, 0.3) is 0 Å². The Labute approximate surface area is 140 Å². The lowest BCUT2D eigenvalue weighted by molar-refractivity contribution is -0.140. The molecule has 7 nitrogen and oxygen atoms in total. The highest BCUT2D eigenvalue weighted by Gasteiger charge is 2.52. The van der Waals surface area contributed by atoms with Gasteiger partial charge in [-0.25, -0.2) is 4.98 Å². The summed E-state index contributed by atoms with van der Waals surface area (Å²) in [6.45, 7) is 0.741. The molecule has 1 amide bonds. The smallest absolute Gasteiger partial charge is 0.242 e. The summed E-state index contributed by atoms with van der Waals surface area (Å²) in [5.74, 6) is 0.761. The average molecular weight is 343 g/mol. The normalized spacial score (nSPS) is 30.5. The van der Waals surface area contributed by atoms with Crippen molar-refractivity contribution < 1.29 is 14.3 Å². The third-order valence-electron chi connectivity index (χ3n) is 5.28. The van der Waals surface area contributed by atoms with Gasteiger partial charge >= 0.3 is 0 Å². The Balaban J connectivity index is 1.65. The lowest BCUT2D eigenvalue weighted by Crippen LogP contribution is -2.53. The summed E-state index contributed by atoms with van der Waals surface area (Å²) in [5, 5.41) is 6.69. The van der Waals surface area contributed by atoms with E-state index in [0.29, 0.717) is 18.7 Å². The number of aromatic amines is 1. The molecular weight excluding hydrogens is 320 g/mol. The molecule has 0 radical (unpaired) electrons. The first-order valence-electron chi connectivity index (χ1n) is 8.02. The number of nitrogens with zero attached hydrogens (tertiary/aromatic N) is 3. The fourth-order valence-corrected chi connectivity index (χ4v) is 4.07. The van der Waals surface area contributed by atoms with Gasteiger partial charge in [-0.3, -0.25) is 9.89 Å². The van der Waals surface area contributed by atoms with Gasteiger partial charge in [-0.1, -0.05) is 0 Å². The van der Waals surface area contributed by atoms with E-state index in [1.165, 1.54) is 0 Å². The van der Waals surface area contributed by atoms with E-state index in [9.17, 15) is 4.79 Å². The van der Waals surface area contributed by atoms with Crippen LogP contribution in [0.4, 0.5) is 0 Å². The first-order chi connectivity index (χ1) is 11.1. The van der Waals surface area contributed by atoms with Crippen molar-refractivity contribution in [1.29, 1.82) is 0 Å². The van der Waals surface area contributed by atoms with E-state index in [1.54, 1.807) is 14.2 Å². The predicted octanol–water partition coefficient (Wildman–Crippen LogP) is 1.58. The van der Waals surface area contributed by atoms with E-state index in [4.69, 9.17) is 21.1 Å². The second-order valence-corrected chi connectivity index (χ2v) is 6.64. The summed E-state index contributed by atoms with van der Waals surface area (Å²) < 4.78 is 11.4. The number of halogens is 1. The topological polar surface area (TPSA) is 80.3 Å². The average Bonchev–Trinajstić information content (AvgIpc) is 3.15. The highest BCUT2D eigenvalue weighted by Crippen LogP contribution is 2.43. The van der Waals surface area contributed by atoms with Crippen molar-refractivity contribution in [2.75, 3.05) is 20.8 Å². The summed E-state index contributed by atoms with van der Waals surface area (Å²) in [6, 6.07) is 0.0945. The lowest BCUT2D eigenvalue weighted by Gasteiger charge is -2.43. The fraction of sp³-hybridized carbons (Fsp3) is 0.800. The monoisotopic (exact) mass is 342 g/mol. The molecule has 2 aliphatic rings. The van der Waals surface area contributed by atoms with Gasteiger partial charge in [0, 0.05) is 33.6 Å². The number of carbonyl (C=O) groups is 1. The molecule has 0 spiro atoms. The van der Waals surface area contributed by atoms with Crippen molar-refractivity contribution >= 4 is 17.5 Å². The van der Waals surface area contributed by atoms with Crippen molar-refractivity contribution in [3.8, 4) is 0 Å². The van der Waals surface area contributed by atoms with Crippen LogP contribution in [0.5, 0.6) is 0 Å². The number of likely N-dealkylation sites (tertiary alicyclic amines) is 1. The highest BCUT2D eigenvalue weighted by atomic mass is 35.5. The van der Waals surface area contributed by atoms with Crippen LogP contribution in [0.3, 0.4) is 0 Å². The zero-order valence-corrected chi connectivity index (χ0v) is 14.3. The number of fused-ring (bicyclic) bond motifs is 1. The zero-order valence-electron chi connectivity index (χ0n) is 13.5. The molecule has 2 fully saturated rings. The Morgan fingerprint density at radius 1 is 1.48 bits per heavy atom. The Bertz CT molecular complexity index is 567. The van der Waals surface area contributed by atoms with Crippen LogP contribution < -0.4 is 0 Å². The molecule has 1 aromatic rings. The molecule has 2 heterocycles. The number of nitrogens with one attached hydrogen (secondary N) is 1. The summed E-state index contributed by atoms with van der Waals surface area (Å²) in [7, 11) is 3.49. The molecule has 0 bridgehead atoms. The molecular formula is C15H23ClN4O3. The van der Waals surface area contributed by atoms with Crippen LogP contribution >= 0.6 is 11.6 Å². The number of hydrogen-bond donors (Lipinski definition) is 1. The molecule has 23 heavy (non-hydrogen) atoms. The highest BCUT2D eigenvalue weighted by molar-refractivity contribution is 6.28. The molecule has 3 rings (SSSR count). The molecule has 128 valence electrons. The Morgan fingerprint density at radius 3 is 2.96 bits per heavy atom. The van der Waals surface area contributed by atoms with Crippen LogP contribution in [0.2, 0.25) is 5.28 Å². The number of ether oxygens (including phenoxy) is 2. The van der Waals surface area contributed by atoms with Crippen molar-refractivity contribution in [1.82, 2.24) is 20.1 Å². The predicted molar refractivity (Wildman–Crippen MR) is 84.2 cm³/mol. The molecule has 8 heteroatoms. The second-order valence-electron chi connectivity index (χ2n) is 6.31. The van der Waals surface area contributed by atoms with E-state index in [0.717, 1.165) is 32.2 Å². The van der Waals surface area contributed by atoms with E-state index in [2.05, 4.69) is 15.2 Å². The van der Waals surface area contributed by atoms with Crippen LogP contribution in [0, 0.1) is 0 Å². The van der Waals surface area contributed by atoms with Gasteiger partial charge < -0.3 is 14.4 Å². The summed E-state index contributed by atoms with van der Waals surface area (Å²) in [6.07, 6.45) is 4.75. The number of methoxy groups -OCH3 is 2. The molecule has 0 unspecified atom stereocenters. The Morgan fingerprint density at radius 2 is 2.30 bits per heavy atom. The second kappa shape index (κ2) is 6.75. The number of amides is 1. The molecule has 3 atom stereocenters. The molecule has 1 aliphatic heterocycles. The maximum Gasteiger partial charge on any atom is 0.242 e. The first kappa shape index (κ1) is 16.7. The minimum absolute atomic E-state index is 0.0945. The van der Waals surface area contributed by atoms with Crippen LogP contribution in [0.1, 0.15) is 37.9 Å². The molecule has 0 aromatic carbocycles. The Hall–Kier alpha value is -1.18. The number of carbonyl (C=O) groups excluding carboxylic acids is 1. The maximum absolute atomic E-state index is 12.7. The minimum atomic E-state index is -0.208. The zero-order chi connectivity index (χ0) is 16.4. The van der Waals surface area contributed by atoms with Crippen LogP contribution in [-0.2, 0) is 20.7 Å². The summed E-state index contributed by atoms with van der Waals surface area (Å²) >= 11 is 5.68. The van der Waals surface area contributed by atoms with Gasteiger partial charge in [0.1, 0.15) is 5.82 Å². The number of hydrogen-bond acceptors (Lipinski definition) is 5. The van der Waals surface area contributed by atoms with Gasteiger partial charge in [0.15, 0.2) is 0 Å². The molecule has 1 saturated heterocycles. The quantitative estimate of drug-likeness (QED) is 0.878. The third-order valence-corrected chi connectivity index (χ3v) is 5.44. The van der Waals surface area contributed by atoms with Gasteiger partial charge in [0.05, 0.1) is 17.7 Å². The van der Waals surface area contributed by atoms with Crippen molar-refractivity contribution in [2.24, 2.45) is 0 Å². The first-order valence-corrected chi connectivity index (χ1v) is 8.40.